The summed E-state index contributed by atoms with van der Waals surface area (Å²) in [6.45, 7) is 3.58. The number of aromatic nitrogens is 2. The molecule has 1 N–H and O–H groups in total. The first-order valence-electron chi connectivity index (χ1n) is 5.31. The van der Waals surface area contributed by atoms with Crippen LogP contribution in [0.4, 0.5) is 10.6 Å². The van der Waals surface area contributed by atoms with Crippen LogP contribution in [0.2, 0.25) is 5.15 Å². The lowest BCUT2D eigenvalue weighted by molar-refractivity contribution is 0.122. The molecule has 0 unspecified atom stereocenters. The largest absolute Gasteiger partial charge is 0.465 e. The van der Waals surface area contributed by atoms with Gasteiger partial charge >= 0.3 is 6.09 Å². The number of anilines is 1. The van der Waals surface area contributed by atoms with Gasteiger partial charge in [-0.15, -0.1) is 10.2 Å². The quantitative estimate of drug-likeness (QED) is 0.821. The first kappa shape index (κ1) is 11.9. The van der Waals surface area contributed by atoms with Crippen LogP contribution in [0.25, 0.3) is 0 Å². The maximum atomic E-state index is 10.9. The van der Waals surface area contributed by atoms with Crippen molar-refractivity contribution in [1.82, 2.24) is 15.1 Å². The fourth-order valence-corrected chi connectivity index (χ4v) is 2.03. The summed E-state index contributed by atoms with van der Waals surface area (Å²) in [5.41, 5.74) is 0. The first-order valence-corrected chi connectivity index (χ1v) is 5.69. The highest BCUT2D eigenvalue weighted by molar-refractivity contribution is 6.29. The van der Waals surface area contributed by atoms with E-state index in [1.807, 2.05) is 11.8 Å². The van der Waals surface area contributed by atoms with Gasteiger partial charge in [-0.2, -0.15) is 0 Å². The van der Waals surface area contributed by atoms with E-state index in [0.717, 1.165) is 5.82 Å². The van der Waals surface area contributed by atoms with Crippen LogP contribution in [-0.2, 0) is 0 Å². The number of nitrogens with zero attached hydrogens (tertiary/aromatic N) is 4. The average Bonchev–Trinajstić information content (AvgIpc) is 2.29. The molecule has 17 heavy (non-hydrogen) atoms. The topological polar surface area (TPSA) is 69.6 Å². The van der Waals surface area contributed by atoms with E-state index in [9.17, 15) is 4.79 Å². The minimum absolute atomic E-state index is 0.0567. The summed E-state index contributed by atoms with van der Waals surface area (Å²) in [5.74, 6) is 0.728. The van der Waals surface area contributed by atoms with E-state index in [4.69, 9.17) is 16.7 Å². The predicted molar refractivity (Wildman–Crippen MR) is 63.4 cm³/mol. The average molecular weight is 257 g/mol. The Kier molecular flexibility index (Phi) is 3.33. The Morgan fingerprint density at radius 3 is 2.76 bits per heavy atom. The minimum Gasteiger partial charge on any atom is -0.465 e. The second-order valence-corrected chi connectivity index (χ2v) is 4.37. The molecule has 1 aromatic rings. The number of amides is 1. The summed E-state index contributed by atoms with van der Waals surface area (Å²) in [6.07, 6.45) is -0.876. The van der Waals surface area contributed by atoms with Crippen LogP contribution in [0.5, 0.6) is 0 Å². The summed E-state index contributed by atoms with van der Waals surface area (Å²) < 4.78 is 0. The molecule has 1 atom stereocenters. The van der Waals surface area contributed by atoms with Crippen molar-refractivity contribution < 1.29 is 9.90 Å². The first-order chi connectivity index (χ1) is 8.08. The lowest BCUT2D eigenvalue weighted by Gasteiger charge is -2.38. The molecule has 2 heterocycles. The second kappa shape index (κ2) is 4.75. The summed E-state index contributed by atoms with van der Waals surface area (Å²) in [4.78, 5) is 14.4. The van der Waals surface area contributed by atoms with Gasteiger partial charge in [0, 0.05) is 25.7 Å². The molecule has 2 rings (SSSR count). The maximum Gasteiger partial charge on any atom is 0.407 e. The van der Waals surface area contributed by atoms with Gasteiger partial charge in [0.1, 0.15) is 0 Å². The van der Waals surface area contributed by atoms with Crippen LogP contribution >= 0.6 is 11.6 Å². The molecule has 0 aliphatic carbocycles. The standard InChI is InChI=1S/C10H13ClN4O2/c1-7-6-14(4-5-15(7)10(16)17)9-3-2-8(11)12-13-9/h2-3,7H,4-6H2,1H3,(H,16,17)/t7-/m0/s1. The molecule has 1 aromatic heterocycles. The SMILES string of the molecule is C[C@H]1CN(c2ccc(Cl)nn2)CCN1C(=O)O. The molecule has 0 radical (unpaired) electrons. The van der Waals surface area contributed by atoms with E-state index in [2.05, 4.69) is 10.2 Å². The number of piperazine rings is 1. The number of hydrogen-bond acceptors (Lipinski definition) is 4. The van der Waals surface area contributed by atoms with Crippen LogP contribution < -0.4 is 4.90 Å². The molecule has 1 fully saturated rings. The van der Waals surface area contributed by atoms with Crippen molar-refractivity contribution in [3.8, 4) is 0 Å². The molecule has 92 valence electrons. The van der Waals surface area contributed by atoms with Gasteiger partial charge < -0.3 is 14.9 Å². The Bertz CT molecular complexity index is 411. The van der Waals surface area contributed by atoms with Gasteiger partial charge in [0.05, 0.1) is 0 Å². The summed E-state index contributed by atoms with van der Waals surface area (Å²) in [5, 5.41) is 17.1. The van der Waals surface area contributed by atoms with E-state index in [1.54, 1.807) is 12.1 Å². The summed E-state index contributed by atoms with van der Waals surface area (Å²) in [6, 6.07) is 3.41. The Hall–Kier alpha value is -1.56. The van der Waals surface area contributed by atoms with Gasteiger partial charge in [-0.25, -0.2) is 4.79 Å². The predicted octanol–water partition coefficient (Wildman–Crippen LogP) is 1.32. The van der Waals surface area contributed by atoms with Crippen molar-refractivity contribution in [2.75, 3.05) is 24.5 Å². The molecule has 0 spiro atoms. The minimum atomic E-state index is -0.876. The van der Waals surface area contributed by atoms with Crippen molar-refractivity contribution in [3.05, 3.63) is 17.3 Å². The monoisotopic (exact) mass is 256 g/mol. The zero-order valence-electron chi connectivity index (χ0n) is 9.38. The Morgan fingerprint density at radius 1 is 1.47 bits per heavy atom. The number of carboxylic acid groups (broad SMARTS) is 1. The van der Waals surface area contributed by atoms with E-state index in [1.165, 1.54) is 4.90 Å². The van der Waals surface area contributed by atoms with Crippen molar-refractivity contribution in [2.24, 2.45) is 0 Å². The highest BCUT2D eigenvalue weighted by atomic mass is 35.5. The zero-order chi connectivity index (χ0) is 12.4. The third-order valence-corrected chi connectivity index (χ3v) is 3.02. The number of carbonyl (C=O) groups is 1. The molecule has 0 bridgehead atoms. The van der Waals surface area contributed by atoms with Crippen LogP contribution in [0.3, 0.4) is 0 Å². The third kappa shape index (κ3) is 2.58. The number of rotatable bonds is 1. The van der Waals surface area contributed by atoms with Crippen LogP contribution in [0, 0.1) is 0 Å². The molecule has 1 aliphatic rings. The fourth-order valence-electron chi connectivity index (χ4n) is 1.93. The maximum absolute atomic E-state index is 10.9. The lowest BCUT2D eigenvalue weighted by atomic mass is 10.2. The molecule has 1 amide bonds. The fraction of sp³-hybridized carbons (Fsp3) is 0.500. The highest BCUT2D eigenvalue weighted by Crippen LogP contribution is 2.17. The van der Waals surface area contributed by atoms with Gasteiger partial charge in [-0.3, -0.25) is 0 Å². The van der Waals surface area contributed by atoms with Crippen molar-refractivity contribution in [2.45, 2.75) is 13.0 Å². The lowest BCUT2D eigenvalue weighted by Crippen LogP contribution is -2.54. The van der Waals surface area contributed by atoms with Gasteiger partial charge in [-0.05, 0) is 19.1 Å². The molecule has 6 nitrogen and oxygen atoms in total. The number of hydrogen-bond donors (Lipinski definition) is 1. The van der Waals surface area contributed by atoms with Crippen LogP contribution in [-0.4, -0.2) is 52.0 Å². The molecule has 7 heteroatoms. The Labute approximate surface area is 104 Å². The van der Waals surface area contributed by atoms with Crippen LogP contribution in [0.1, 0.15) is 6.92 Å². The Morgan fingerprint density at radius 2 is 2.24 bits per heavy atom. The van der Waals surface area contributed by atoms with E-state index < -0.39 is 6.09 Å². The van der Waals surface area contributed by atoms with E-state index in [0.29, 0.717) is 24.8 Å². The van der Waals surface area contributed by atoms with Gasteiger partial charge in [-0.1, -0.05) is 11.6 Å². The molecule has 1 saturated heterocycles. The Balaban J connectivity index is 2.06. The second-order valence-electron chi connectivity index (χ2n) is 3.99. The van der Waals surface area contributed by atoms with Crippen molar-refractivity contribution in [1.29, 1.82) is 0 Å². The smallest absolute Gasteiger partial charge is 0.407 e. The third-order valence-electron chi connectivity index (χ3n) is 2.82. The normalized spacial score (nSPS) is 20.5. The summed E-state index contributed by atoms with van der Waals surface area (Å²) in [7, 11) is 0. The molecular weight excluding hydrogens is 244 g/mol. The molecular formula is C10H13ClN4O2. The van der Waals surface area contributed by atoms with E-state index in [-0.39, 0.29) is 6.04 Å². The molecule has 0 aromatic carbocycles. The van der Waals surface area contributed by atoms with E-state index >= 15 is 0 Å². The molecule has 1 aliphatic heterocycles. The zero-order valence-corrected chi connectivity index (χ0v) is 10.1. The van der Waals surface area contributed by atoms with Crippen LogP contribution in [0.15, 0.2) is 12.1 Å². The van der Waals surface area contributed by atoms with Gasteiger partial charge in [0.15, 0.2) is 11.0 Å². The van der Waals surface area contributed by atoms with Crippen molar-refractivity contribution >= 4 is 23.5 Å². The molecule has 0 saturated carbocycles. The number of halogens is 1. The van der Waals surface area contributed by atoms with Crippen molar-refractivity contribution in [3.63, 3.8) is 0 Å². The highest BCUT2D eigenvalue weighted by Gasteiger charge is 2.27. The van der Waals surface area contributed by atoms with Gasteiger partial charge in [0.25, 0.3) is 0 Å². The van der Waals surface area contributed by atoms with Gasteiger partial charge in [0.2, 0.25) is 0 Å². The summed E-state index contributed by atoms with van der Waals surface area (Å²) >= 11 is 5.67.